The minimum atomic E-state index is -0.188. The second-order valence-electron chi connectivity index (χ2n) is 3.77. The third-order valence-electron chi connectivity index (χ3n) is 2.58. The third-order valence-corrected chi connectivity index (χ3v) is 4.69. The molecular formula is C10H14N2O2S2. The van der Waals surface area contributed by atoms with E-state index in [9.17, 15) is 9.59 Å². The Bertz CT molecular complexity index is 338. The van der Waals surface area contributed by atoms with Gasteiger partial charge in [-0.05, 0) is 35.6 Å². The zero-order chi connectivity index (χ0) is 11.5. The lowest BCUT2D eigenvalue weighted by molar-refractivity contribution is -0.122. The maximum absolute atomic E-state index is 11.8. The van der Waals surface area contributed by atoms with Crippen LogP contribution in [0.2, 0.25) is 0 Å². The predicted octanol–water partition coefficient (Wildman–Crippen LogP) is 1.28. The molecule has 0 radical (unpaired) electrons. The largest absolute Gasteiger partial charge is 0.329 e. The lowest BCUT2D eigenvalue weighted by atomic mass is 10.1. The van der Waals surface area contributed by atoms with E-state index in [1.807, 2.05) is 17.8 Å². The second kappa shape index (κ2) is 5.25. The molecule has 2 heterocycles. The summed E-state index contributed by atoms with van der Waals surface area (Å²) in [7, 11) is 0. The van der Waals surface area contributed by atoms with E-state index in [1.54, 1.807) is 0 Å². The molecule has 2 rings (SSSR count). The maximum Gasteiger partial charge on any atom is 0.293 e. The first-order chi connectivity index (χ1) is 7.72. The molecule has 2 aliphatic rings. The number of thioether (sulfide) groups is 2. The van der Waals surface area contributed by atoms with Crippen molar-refractivity contribution in [3.8, 4) is 0 Å². The highest BCUT2D eigenvalue weighted by molar-refractivity contribution is 8.18. The SMILES string of the molecule is NCCN1C(=O)SC(=CC2CCSC2)C1=O. The summed E-state index contributed by atoms with van der Waals surface area (Å²) in [5.74, 6) is 2.48. The number of nitrogens with zero attached hydrogens (tertiary/aromatic N) is 1. The van der Waals surface area contributed by atoms with Crippen LogP contribution in [0.1, 0.15) is 6.42 Å². The Kier molecular flexibility index (Phi) is 3.94. The van der Waals surface area contributed by atoms with Gasteiger partial charge in [-0.3, -0.25) is 14.5 Å². The zero-order valence-corrected chi connectivity index (χ0v) is 10.5. The van der Waals surface area contributed by atoms with Crippen LogP contribution >= 0.6 is 23.5 Å². The molecule has 2 aliphatic heterocycles. The van der Waals surface area contributed by atoms with Gasteiger partial charge < -0.3 is 5.73 Å². The number of hydrogen-bond donors (Lipinski definition) is 1. The van der Waals surface area contributed by atoms with Crippen molar-refractivity contribution < 1.29 is 9.59 Å². The molecule has 0 bridgehead atoms. The Morgan fingerprint density at radius 1 is 1.50 bits per heavy atom. The Labute approximate surface area is 103 Å². The van der Waals surface area contributed by atoms with E-state index >= 15 is 0 Å². The smallest absolute Gasteiger partial charge is 0.293 e. The van der Waals surface area contributed by atoms with Crippen LogP contribution in [0, 0.1) is 5.92 Å². The predicted molar refractivity (Wildman–Crippen MR) is 67.3 cm³/mol. The molecule has 0 aliphatic carbocycles. The highest BCUT2D eigenvalue weighted by atomic mass is 32.2. The summed E-state index contributed by atoms with van der Waals surface area (Å²) >= 11 is 2.94. The van der Waals surface area contributed by atoms with Crippen LogP contribution in [0.25, 0.3) is 0 Å². The van der Waals surface area contributed by atoms with Gasteiger partial charge in [0.05, 0.1) is 4.91 Å². The average molecular weight is 258 g/mol. The Morgan fingerprint density at radius 3 is 2.94 bits per heavy atom. The van der Waals surface area contributed by atoms with Crippen LogP contribution in [0.15, 0.2) is 11.0 Å². The highest BCUT2D eigenvalue weighted by Crippen LogP contribution is 2.34. The van der Waals surface area contributed by atoms with Crippen molar-refractivity contribution in [1.82, 2.24) is 4.90 Å². The van der Waals surface area contributed by atoms with Crippen LogP contribution in [-0.2, 0) is 4.79 Å². The Hall–Kier alpha value is -0.460. The van der Waals surface area contributed by atoms with Gasteiger partial charge in [-0.2, -0.15) is 11.8 Å². The van der Waals surface area contributed by atoms with Gasteiger partial charge in [0.15, 0.2) is 0 Å². The number of carbonyl (C=O) groups is 2. The molecule has 2 amide bonds. The number of imide groups is 1. The van der Waals surface area contributed by atoms with E-state index in [4.69, 9.17) is 5.73 Å². The molecule has 0 aromatic carbocycles. The summed E-state index contributed by atoms with van der Waals surface area (Å²) in [6, 6.07) is 0. The summed E-state index contributed by atoms with van der Waals surface area (Å²) in [6.07, 6.45) is 3.06. The van der Waals surface area contributed by atoms with E-state index in [0.717, 1.165) is 29.7 Å². The first kappa shape index (κ1) is 12.0. The Balaban J connectivity index is 2.07. The summed E-state index contributed by atoms with van der Waals surface area (Å²) < 4.78 is 0. The molecule has 0 spiro atoms. The maximum atomic E-state index is 11.8. The lowest BCUT2D eigenvalue weighted by Crippen LogP contribution is -2.33. The average Bonchev–Trinajstić information content (AvgIpc) is 2.84. The van der Waals surface area contributed by atoms with Crippen molar-refractivity contribution in [3.05, 3.63) is 11.0 Å². The molecule has 2 fully saturated rings. The minimum absolute atomic E-state index is 0.169. The molecule has 88 valence electrons. The summed E-state index contributed by atoms with van der Waals surface area (Å²) in [6.45, 7) is 0.645. The molecule has 2 saturated heterocycles. The number of rotatable bonds is 3. The number of hydrogen-bond acceptors (Lipinski definition) is 5. The van der Waals surface area contributed by atoms with Crippen molar-refractivity contribution in [2.75, 3.05) is 24.6 Å². The molecular weight excluding hydrogens is 244 g/mol. The van der Waals surface area contributed by atoms with Gasteiger partial charge in [0.1, 0.15) is 0 Å². The zero-order valence-electron chi connectivity index (χ0n) is 8.85. The van der Waals surface area contributed by atoms with E-state index in [1.165, 1.54) is 4.90 Å². The van der Waals surface area contributed by atoms with E-state index in [2.05, 4.69) is 0 Å². The molecule has 16 heavy (non-hydrogen) atoms. The first-order valence-electron chi connectivity index (χ1n) is 5.25. The second-order valence-corrected chi connectivity index (χ2v) is 5.91. The van der Waals surface area contributed by atoms with Crippen molar-refractivity contribution in [1.29, 1.82) is 0 Å². The van der Waals surface area contributed by atoms with Gasteiger partial charge in [-0.15, -0.1) is 0 Å². The van der Waals surface area contributed by atoms with Crippen molar-refractivity contribution in [2.45, 2.75) is 6.42 Å². The molecule has 1 atom stereocenters. The van der Waals surface area contributed by atoms with Gasteiger partial charge >= 0.3 is 0 Å². The lowest BCUT2D eigenvalue weighted by Gasteiger charge is -2.09. The quantitative estimate of drug-likeness (QED) is 0.773. The molecule has 0 aromatic rings. The molecule has 1 unspecified atom stereocenters. The fraction of sp³-hybridized carbons (Fsp3) is 0.600. The summed E-state index contributed by atoms with van der Waals surface area (Å²) in [4.78, 5) is 25.2. The number of carbonyl (C=O) groups excluding carboxylic acids is 2. The summed E-state index contributed by atoms with van der Waals surface area (Å²) in [5, 5.41) is -0.188. The van der Waals surface area contributed by atoms with Crippen molar-refractivity contribution in [2.24, 2.45) is 11.7 Å². The van der Waals surface area contributed by atoms with Gasteiger partial charge in [0, 0.05) is 13.1 Å². The molecule has 6 heteroatoms. The van der Waals surface area contributed by atoms with E-state index < -0.39 is 0 Å². The molecule has 2 N–H and O–H groups in total. The standard InChI is InChI=1S/C10H14N2O2S2/c11-2-3-12-9(13)8(16-10(12)14)5-7-1-4-15-6-7/h5,7H,1-4,6,11H2. The molecule has 0 saturated carbocycles. The van der Waals surface area contributed by atoms with E-state index in [0.29, 0.717) is 23.9 Å². The fourth-order valence-corrected chi connectivity index (χ4v) is 3.87. The van der Waals surface area contributed by atoms with Gasteiger partial charge in [-0.1, -0.05) is 6.08 Å². The topological polar surface area (TPSA) is 63.4 Å². The van der Waals surface area contributed by atoms with Gasteiger partial charge in [0.25, 0.3) is 11.1 Å². The minimum Gasteiger partial charge on any atom is -0.329 e. The first-order valence-corrected chi connectivity index (χ1v) is 7.23. The van der Waals surface area contributed by atoms with Crippen molar-refractivity contribution >= 4 is 34.7 Å². The van der Waals surface area contributed by atoms with Gasteiger partial charge in [0.2, 0.25) is 0 Å². The number of nitrogens with two attached hydrogens (primary N) is 1. The highest BCUT2D eigenvalue weighted by Gasteiger charge is 2.35. The normalized spacial score (nSPS) is 28.4. The van der Waals surface area contributed by atoms with Crippen LogP contribution in [0.4, 0.5) is 4.79 Å². The summed E-state index contributed by atoms with van der Waals surface area (Å²) in [5.41, 5.74) is 5.36. The molecule has 0 aromatic heterocycles. The monoisotopic (exact) mass is 258 g/mol. The Morgan fingerprint density at radius 2 is 2.31 bits per heavy atom. The van der Waals surface area contributed by atoms with Crippen LogP contribution in [-0.4, -0.2) is 40.6 Å². The third kappa shape index (κ3) is 2.44. The molecule has 4 nitrogen and oxygen atoms in total. The van der Waals surface area contributed by atoms with Crippen LogP contribution < -0.4 is 5.73 Å². The van der Waals surface area contributed by atoms with Crippen molar-refractivity contribution in [3.63, 3.8) is 0 Å². The van der Waals surface area contributed by atoms with E-state index in [-0.39, 0.29) is 11.1 Å². The van der Waals surface area contributed by atoms with Gasteiger partial charge in [-0.25, -0.2) is 0 Å². The number of allylic oxidation sites excluding steroid dienone is 1. The van der Waals surface area contributed by atoms with Crippen LogP contribution in [0.5, 0.6) is 0 Å². The number of amides is 2. The van der Waals surface area contributed by atoms with Crippen LogP contribution in [0.3, 0.4) is 0 Å². The fourth-order valence-electron chi connectivity index (χ4n) is 1.73.